The van der Waals surface area contributed by atoms with E-state index in [1.54, 1.807) is 0 Å². The minimum absolute atomic E-state index is 0.262. The zero-order valence-corrected chi connectivity index (χ0v) is 11.5. The maximum Gasteiger partial charge on any atom is 0.127 e. The van der Waals surface area contributed by atoms with Crippen LogP contribution >= 0.6 is 0 Å². The summed E-state index contributed by atoms with van der Waals surface area (Å²) in [6.07, 6.45) is 7.05. The molecule has 1 saturated carbocycles. The average molecular weight is 262 g/mol. The molecule has 19 heavy (non-hydrogen) atoms. The molecule has 1 aromatic rings. The molecule has 1 saturated heterocycles. The molecule has 3 rings (SSSR count). The van der Waals surface area contributed by atoms with Crippen LogP contribution in [0.4, 0.5) is 0 Å². The largest absolute Gasteiger partial charge is 0.490 e. The van der Waals surface area contributed by atoms with Crippen molar-refractivity contribution < 1.29 is 9.47 Å². The topological polar surface area (TPSA) is 43.4 Å². The van der Waals surface area contributed by atoms with Gasteiger partial charge in [0.2, 0.25) is 0 Å². The number of rotatable bonds is 6. The molecule has 0 aromatic carbocycles. The van der Waals surface area contributed by atoms with E-state index < -0.39 is 0 Å². The second-order valence-electron chi connectivity index (χ2n) is 5.53. The monoisotopic (exact) mass is 262 g/mol. The fourth-order valence-corrected chi connectivity index (χ4v) is 2.33. The lowest BCUT2D eigenvalue weighted by Crippen LogP contribution is -2.19. The summed E-state index contributed by atoms with van der Waals surface area (Å²) in [5, 5.41) is 3.51. The zero-order chi connectivity index (χ0) is 13.1. The number of hydrogen-bond acceptors (Lipinski definition) is 4. The molecule has 0 spiro atoms. The van der Waals surface area contributed by atoms with E-state index in [1.165, 1.54) is 12.8 Å². The van der Waals surface area contributed by atoms with Crippen LogP contribution in [0.25, 0.3) is 0 Å². The second-order valence-corrected chi connectivity index (χ2v) is 5.53. The number of aryl methyl sites for hydroxylation is 1. The van der Waals surface area contributed by atoms with Gasteiger partial charge in [0.1, 0.15) is 12.4 Å². The Labute approximate surface area is 114 Å². The molecule has 4 heteroatoms. The average Bonchev–Trinajstić information content (AvgIpc) is 3.09. The Morgan fingerprint density at radius 2 is 2.32 bits per heavy atom. The lowest BCUT2D eigenvalue weighted by molar-refractivity contribution is 0.0675. The highest BCUT2D eigenvalue weighted by Crippen LogP contribution is 2.23. The van der Waals surface area contributed by atoms with Crippen molar-refractivity contribution in [1.82, 2.24) is 10.3 Å². The fraction of sp³-hybridized carbons (Fsp3) is 0.667. The van der Waals surface area contributed by atoms with Gasteiger partial charge in [-0.25, -0.2) is 0 Å². The van der Waals surface area contributed by atoms with Crippen molar-refractivity contribution in [3.63, 3.8) is 0 Å². The lowest BCUT2D eigenvalue weighted by Gasteiger charge is -2.15. The molecular weight excluding hydrogens is 240 g/mol. The van der Waals surface area contributed by atoms with Gasteiger partial charge in [-0.05, 0) is 32.6 Å². The molecule has 4 nitrogen and oxygen atoms in total. The summed E-state index contributed by atoms with van der Waals surface area (Å²) in [6.45, 7) is 4.37. The Morgan fingerprint density at radius 3 is 3.05 bits per heavy atom. The van der Waals surface area contributed by atoms with Crippen molar-refractivity contribution >= 4 is 0 Å². The fourth-order valence-electron chi connectivity index (χ4n) is 2.33. The Hall–Kier alpha value is -1.13. The van der Waals surface area contributed by atoms with Crippen LogP contribution in [-0.4, -0.2) is 30.3 Å². The molecule has 104 valence electrons. The van der Waals surface area contributed by atoms with Crippen LogP contribution in [0.5, 0.6) is 5.75 Å². The maximum absolute atomic E-state index is 5.95. The normalized spacial score (nSPS) is 22.7. The smallest absolute Gasteiger partial charge is 0.127 e. The highest BCUT2D eigenvalue weighted by atomic mass is 16.5. The first-order valence-corrected chi connectivity index (χ1v) is 7.24. The summed E-state index contributed by atoms with van der Waals surface area (Å²) >= 11 is 0. The van der Waals surface area contributed by atoms with Crippen LogP contribution in [-0.2, 0) is 11.3 Å². The summed E-state index contributed by atoms with van der Waals surface area (Å²) in [5.74, 6) is 0.955. The number of aromatic nitrogens is 1. The van der Waals surface area contributed by atoms with Crippen LogP contribution in [0, 0.1) is 6.92 Å². The lowest BCUT2D eigenvalue weighted by atomic mass is 10.2. The van der Waals surface area contributed by atoms with Crippen molar-refractivity contribution in [2.75, 3.05) is 13.2 Å². The summed E-state index contributed by atoms with van der Waals surface area (Å²) in [6, 6.07) is 2.73. The van der Waals surface area contributed by atoms with Crippen LogP contribution in [0.1, 0.15) is 36.9 Å². The third-order valence-corrected chi connectivity index (χ3v) is 3.69. The summed E-state index contributed by atoms with van der Waals surface area (Å²) in [5.41, 5.74) is 2.15. The van der Waals surface area contributed by atoms with Crippen molar-refractivity contribution in [2.24, 2.45) is 0 Å². The highest BCUT2D eigenvalue weighted by Gasteiger charge is 2.21. The Morgan fingerprint density at radius 1 is 1.42 bits per heavy atom. The van der Waals surface area contributed by atoms with Crippen molar-refractivity contribution in [3.05, 3.63) is 23.5 Å². The van der Waals surface area contributed by atoms with E-state index in [1.807, 2.05) is 19.2 Å². The van der Waals surface area contributed by atoms with Crippen LogP contribution < -0.4 is 10.1 Å². The first-order chi connectivity index (χ1) is 9.31. The quantitative estimate of drug-likeness (QED) is 0.853. The van der Waals surface area contributed by atoms with Gasteiger partial charge < -0.3 is 14.8 Å². The second kappa shape index (κ2) is 5.88. The Balaban J connectivity index is 1.60. The van der Waals surface area contributed by atoms with Crippen molar-refractivity contribution in [2.45, 2.75) is 51.3 Å². The van der Waals surface area contributed by atoms with E-state index in [-0.39, 0.29) is 6.10 Å². The molecule has 2 fully saturated rings. The van der Waals surface area contributed by atoms with E-state index >= 15 is 0 Å². The van der Waals surface area contributed by atoms with Gasteiger partial charge in [-0.2, -0.15) is 0 Å². The summed E-state index contributed by atoms with van der Waals surface area (Å²) in [7, 11) is 0. The molecule has 1 aliphatic heterocycles. The molecule has 0 bridgehead atoms. The van der Waals surface area contributed by atoms with E-state index in [9.17, 15) is 0 Å². The third kappa shape index (κ3) is 3.67. The highest BCUT2D eigenvalue weighted by molar-refractivity contribution is 5.33. The molecule has 0 radical (unpaired) electrons. The summed E-state index contributed by atoms with van der Waals surface area (Å²) < 4.78 is 11.5. The minimum Gasteiger partial charge on any atom is -0.490 e. The third-order valence-electron chi connectivity index (χ3n) is 3.69. The van der Waals surface area contributed by atoms with Gasteiger partial charge in [0.25, 0.3) is 0 Å². The molecule has 1 N–H and O–H groups in total. The van der Waals surface area contributed by atoms with Crippen LogP contribution in [0.2, 0.25) is 0 Å². The van der Waals surface area contributed by atoms with E-state index in [2.05, 4.69) is 10.3 Å². The Bertz CT molecular complexity index is 426. The number of nitrogens with one attached hydrogen (secondary N) is 1. The number of ether oxygens (including phenoxy) is 2. The molecule has 0 amide bonds. The van der Waals surface area contributed by atoms with Gasteiger partial charge in [-0.15, -0.1) is 0 Å². The van der Waals surface area contributed by atoms with Crippen molar-refractivity contribution in [1.29, 1.82) is 0 Å². The predicted molar refractivity (Wildman–Crippen MR) is 73.3 cm³/mol. The first-order valence-electron chi connectivity index (χ1n) is 7.24. The van der Waals surface area contributed by atoms with Gasteiger partial charge in [0.15, 0.2) is 0 Å². The molecule has 1 aliphatic carbocycles. The Kier molecular flexibility index (Phi) is 3.99. The van der Waals surface area contributed by atoms with Gasteiger partial charge in [-0.3, -0.25) is 4.98 Å². The van der Waals surface area contributed by atoms with E-state index in [0.717, 1.165) is 43.0 Å². The molecule has 1 atom stereocenters. The van der Waals surface area contributed by atoms with Gasteiger partial charge >= 0.3 is 0 Å². The SMILES string of the molecule is Cc1cc(OCC2CCCO2)c(CNC2CC2)cn1. The summed E-state index contributed by atoms with van der Waals surface area (Å²) in [4.78, 5) is 4.37. The minimum atomic E-state index is 0.262. The van der Waals surface area contributed by atoms with Gasteiger partial charge in [0, 0.05) is 42.7 Å². The van der Waals surface area contributed by atoms with E-state index in [4.69, 9.17) is 9.47 Å². The van der Waals surface area contributed by atoms with Crippen LogP contribution in [0.15, 0.2) is 12.3 Å². The predicted octanol–water partition coefficient (Wildman–Crippen LogP) is 2.20. The number of nitrogens with zero attached hydrogens (tertiary/aromatic N) is 1. The molecule has 1 unspecified atom stereocenters. The molecule has 2 heterocycles. The number of hydrogen-bond donors (Lipinski definition) is 1. The molecular formula is C15H22N2O2. The van der Waals surface area contributed by atoms with Gasteiger partial charge in [-0.1, -0.05) is 0 Å². The zero-order valence-electron chi connectivity index (χ0n) is 11.5. The molecule has 2 aliphatic rings. The van der Waals surface area contributed by atoms with E-state index in [0.29, 0.717) is 12.6 Å². The maximum atomic E-state index is 5.95. The molecule has 1 aromatic heterocycles. The van der Waals surface area contributed by atoms with Gasteiger partial charge in [0.05, 0.1) is 6.10 Å². The standard InChI is InChI=1S/C15H22N2O2/c1-11-7-15(19-10-14-3-2-6-18-14)12(8-16-11)9-17-13-4-5-13/h7-8,13-14,17H,2-6,9-10H2,1H3. The number of pyridine rings is 1. The van der Waals surface area contributed by atoms with Crippen LogP contribution in [0.3, 0.4) is 0 Å². The van der Waals surface area contributed by atoms with Crippen molar-refractivity contribution in [3.8, 4) is 5.75 Å². The first kappa shape index (κ1) is 12.9.